The Morgan fingerprint density at radius 1 is 0.511 bits per heavy atom. The Morgan fingerprint density at radius 2 is 0.822 bits per heavy atom. The van der Waals surface area contributed by atoms with Gasteiger partial charge < -0.3 is 15.5 Å². The van der Waals surface area contributed by atoms with Crippen molar-refractivity contribution in [1.82, 2.24) is 5.32 Å². The molecule has 4 nitrogen and oxygen atoms in total. The molecular weight excluding hydrogens is 554 g/mol. The van der Waals surface area contributed by atoms with E-state index >= 15 is 0 Å². The number of nitrogens with one attached hydrogen (secondary N) is 1. The van der Waals surface area contributed by atoms with E-state index in [2.05, 4.69) is 19.2 Å². The van der Waals surface area contributed by atoms with Crippen molar-refractivity contribution in [2.24, 2.45) is 0 Å². The van der Waals surface area contributed by atoms with Crippen LogP contribution >= 0.6 is 0 Å². The molecule has 2 atom stereocenters. The number of amides is 1. The van der Waals surface area contributed by atoms with Gasteiger partial charge in [-0.2, -0.15) is 0 Å². The highest BCUT2D eigenvalue weighted by atomic mass is 16.3. The summed E-state index contributed by atoms with van der Waals surface area (Å²) in [4.78, 5) is 12.3. The summed E-state index contributed by atoms with van der Waals surface area (Å²) in [6, 6.07) is -0.615. The fraction of sp³-hybridized carbons (Fsp3) is 0.927. The maximum absolute atomic E-state index is 12.3. The minimum absolute atomic E-state index is 0.0615. The number of rotatable bonds is 37. The van der Waals surface area contributed by atoms with Crippen molar-refractivity contribution in [2.75, 3.05) is 6.61 Å². The van der Waals surface area contributed by atoms with Gasteiger partial charge in [0.2, 0.25) is 5.91 Å². The number of carbonyl (C=O) groups excluding carboxylic acids is 1. The first kappa shape index (κ1) is 44.1. The summed E-state index contributed by atoms with van der Waals surface area (Å²) < 4.78 is 0. The molecular formula is C41H81NO3. The van der Waals surface area contributed by atoms with E-state index in [1.165, 1.54) is 180 Å². The SMILES string of the molecule is CCCCCCCCCCCCCCCCCCC/C=C/C(O)C(CO)NC(=O)CCCCCCCCCCCCCCCC. The van der Waals surface area contributed by atoms with E-state index < -0.39 is 12.1 Å². The largest absolute Gasteiger partial charge is 0.394 e. The monoisotopic (exact) mass is 636 g/mol. The zero-order chi connectivity index (χ0) is 32.9. The second-order valence-electron chi connectivity index (χ2n) is 14.1. The third kappa shape index (κ3) is 34.3. The minimum Gasteiger partial charge on any atom is -0.394 e. The van der Waals surface area contributed by atoms with E-state index in [0.717, 1.165) is 25.7 Å². The lowest BCUT2D eigenvalue weighted by atomic mass is 10.0. The quantitative estimate of drug-likeness (QED) is 0.0470. The van der Waals surface area contributed by atoms with Gasteiger partial charge in [0.25, 0.3) is 0 Å². The van der Waals surface area contributed by atoms with Crippen LogP contribution in [0.25, 0.3) is 0 Å². The van der Waals surface area contributed by atoms with E-state index in [9.17, 15) is 15.0 Å². The van der Waals surface area contributed by atoms with Gasteiger partial charge in [0.15, 0.2) is 0 Å². The molecule has 0 aromatic rings. The highest BCUT2D eigenvalue weighted by Gasteiger charge is 2.17. The van der Waals surface area contributed by atoms with Crippen LogP contribution in [0.15, 0.2) is 12.2 Å². The third-order valence-corrected chi connectivity index (χ3v) is 9.52. The molecule has 3 N–H and O–H groups in total. The van der Waals surface area contributed by atoms with Gasteiger partial charge in [0.05, 0.1) is 18.8 Å². The van der Waals surface area contributed by atoms with Crippen LogP contribution in [0.1, 0.15) is 226 Å². The van der Waals surface area contributed by atoms with Crippen molar-refractivity contribution < 1.29 is 15.0 Å². The molecule has 45 heavy (non-hydrogen) atoms. The lowest BCUT2D eigenvalue weighted by Crippen LogP contribution is -2.45. The van der Waals surface area contributed by atoms with Crippen molar-refractivity contribution in [2.45, 2.75) is 238 Å². The molecule has 2 unspecified atom stereocenters. The zero-order valence-electron chi connectivity index (χ0n) is 30.7. The van der Waals surface area contributed by atoms with Crippen LogP contribution in [-0.4, -0.2) is 34.9 Å². The van der Waals surface area contributed by atoms with E-state index in [1.807, 2.05) is 6.08 Å². The van der Waals surface area contributed by atoms with Gasteiger partial charge in [-0.1, -0.05) is 212 Å². The number of hydrogen-bond acceptors (Lipinski definition) is 3. The molecule has 268 valence electrons. The zero-order valence-corrected chi connectivity index (χ0v) is 30.7. The second kappa shape index (κ2) is 37.6. The average Bonchev–Trinajstić information content (AvgIpc) is 3.04. The second-order valence-corrected chi connectivity index (χ2v) is 14.1. The number of unbranched alkanes of at least 4 members (excludes halogenated alkanes) is 30. The smallest absolute Gasteiger partial charge is 0.220 e. The summed E-state index contributed by atoms with van der Waals surface area (Å²) in [7, 11) is 0. The van der Waals surface area contributed by atoms with Gasteiger partial charge in [-0.25, -0.2) is 0 Å². The Morgan fingerprint density at radius 3 is 1.16 bits per heavy atom. The number of hydrogen-bond donors (Lipinski definition) is 3. The lowest BCUT2D eigenvalue weighted by molar-refractivity contribution is -0.123. The van der Waals surface area contributed by atoms with E-state index in [1.54, 1.807) is 6.08 Å². The Kier molecular flexibility index (Phi) is 36.9. The maximum Gasteiger partial charge on any atom is 0.220 e. The molecule has 0 spiro atoms. The molecule has 0 bridgehead atoms. The Bertz CT molecular complexity index is 608. The molecule has 0 saturated carbocycles. The summed E-state index contributed by atoms with van der Waals surface area (Å²) in [5.41, 5.74) is 0. The van der Waals surface area contributed by atoms with Crippen molar-refractivity contribution in [3.63, 3.8) is 0 Å². The molecule has 0 aromatic carbocycles. The van der Waals surface area contributed by atoms with Crippen LogP contribution in [0.2, 0.25) is 0 Å². The van der Waals surface area contributed by atoms with Crippen LogP contribution in [-0.2, 0) is 4.79 Å². The molecule has 0 aliphatic carbocycles. The van der Waals surface area contributed by atoms with Crippen LogP contribution in [0.5, 0.6) is 0 Å². The topological polar surface area (TPSA) is 69.6 Å². The Hall–Kier alpha value is -0.870. The number of aliphatic hydroxyl groups excluding tert-OH is 2. The van der Waals surface area contributed by atoms with Crippen molar-refractivity contribution in [3.05, 3.63) is 12.2 Å². The molecule has 0 aliphatic rings. The predicted molar refractivity (Wildman–Crippen MR) is 198 cm³/mol. The first-order valence-corrected chi connectivity index (χ1v) is 20.4. The van der Waals surface area contributed by atoms with E-state index in [-0.39, 0.29) is 12.5 Å². The van der Waals surface area contributed by atoms with E-state index in [4.69, 9.17) is 0 Å². The molecule has 1 amide bonds. The molecule has 0 radical (unpaired) electrons. The summed E-state index contributed by atoms with van der Waals surface area (Å²) in [5.74, 6) is -0.0615. The summed E-state index contributed by atoms with van der Waals surface area (Å²) in [5, 5.41) is 23.0. The Balaban J connectivity index is 3.55. The van der Waals surface area contributed by atoms with Gasteiger partial charge in [-0.3, -0.25) is 4.79 Å². The third-order valence-electron chi connectivity index (χ3n) is 9.52. The molecule has 0 aliphatic heterocycles. The maximum atomic E-state index is 12.3. The van der Waals surface area contributed by atoms with Crippen molar-refractivity contribution >= 4 is 5.91 Å². The fourth-order valence-corrected chi connectivity index (χ4v) is 6.35. The summed E-state index contributed by atoms with van der Waals surface area (Å²) >= 11 is 0. The van der Waals surface area contributed by atoms with Crippen LogP contribution in [0.3, 0.4) is 0 Å². The normalized spacial score (nSPS) is 13.1. The highest BCUT2D eigenvalue weighted by molar-refractivity contribution is 5.76. The first-order chi connectivity index (χ1) is 22.2. The van der Waals surface area contributed by atoms with Gasteiger partial charge in [0.1, 0.15) is 0 Å². The van der Waals surface area contributed by atoms with Crippen LogP contribution < -0.4 is 5.32 Å². The molecule has 0 saturated heterocycles. The van der Waals surface area contributed by atoms with Gasteiger partial charge in [0, 0.05) is 6.42 Å². The fourth-order valence-electron chi connectivity index (χ4n) is 6.35. The molecule has 4 heteroatoms. The molecule has 0 heterocycles. The number of aliphatic hydroxyl groups is 2. The predicted octanol–water partition coefficient (Wildman–Crippen LogP) is 12.3. The highest BCUT2D eigenvalue weighted by Crippen LogP contribution is 2.15. The van der Waals surface area contributed by atoms with Crippen LogP contribution in [0.4, 0.5) is 0 Å². The van der Waals surface area contributed by atoms with Crippen molar-refractivity contribution in [3.8, 4) is 0 Å². The van der Waals surface area contributed by atoms with Crippen molar-refractivity contribution in [1.29, 1.82) is 0 Å². The molecule has 0 aromatic heterocycles. The average molecular weight is 636 g/mol. The lowest BCUT2D eigenvalue weighted by Gasteiger charge is -2.20. The van der Waals surface area contributed by atoms with Gasteiger partial charge >= 0.3 is 0 Å². The minimum atomic E-state index is -0.832. The number of carbonyl (C=O) groups is 1. The Labute approximate surface area is 282 Å². The summed E-state index contributed by atoms with van der Waals surface area (Å²) in [6.45, 7) is 4.32. The van der Waals surface area contributed by atoms with E-state index in [0.29, 0.717) is 6.42 Å². The standard InChI is InChI=1S/C41H81NO3/c1-3-5-7-9-11-13-15-17-19-20-21-22-23-24-26-28-30-32-34-36-40(44)39(38-43)42-41(45)37-35-33-31-29-27-25-18-16-14-12-10-8-6-4-2/h34,36,39-40,43-44H,3-33,35,37-38H2,1-2H3,(H,42,45)/b36-34+. The number of allylic oxidation sites excluding steroid dienone is 1. The van der Waals surface area contributed by atoms with Gasteiger partial charge in [-0.05, 0) is 19.3 Å². The first-order valence-electron chi connectivity index (χ1n) is 20.4. The molecule has 0 fully saturated rings. The van der Waals surface area contributed by atoms with Crippen LogP contribution in [0, 0.1) is 0 Å². The summed E-state index contributed by atoms with van der Waals surface area (Å²) in [6.07, 6.45) is 45.9. The van der Waals surface area contributed by atoms with Gasteiger partial charge in [-0.15, -0.1) is 0 Å². The molecule has 0 rings (SSSR count).